The van der Waals surface area contributed by atoms with Gasteiger partial charge in [-0.15, -0.1) is 0 Å². The average molecular weight is 230 g/mol. The van der Waals surface area contributed by atoms with Crippen LogP contribution >= 0.6 is 0 Å². The molecule has 0 unspecified atom stereocenters. The number of hydrogen-bond donors (Lipinski definition) is 1. The first-order valence-electron chi connectivity index (χ1n) is 5.10. The average Bonchev–Trinajstić information content (AvgIpc) is 2.32. The molecule has 1 aromatic rings. The Labute approximate surface area is 101 Å². The van der Waals surface area contributed by atoms with Gasteiger partial charge in [-0.25, -0.2) is 0 Å². The summed E-state index contributed by atoms with van der Waals surface area (Å²) >= 11 is 0. The molecule has 0 saturated carbocycles. The summed E-state index contributed by atoms with van der Waals surface area (Å²) in [5, 5.41) is 17.3. The number of methoxy groups -OCH3 is 1. The second kappa shape index (κ2) is 6.37. The van der Waals surface area contributed by atoms with Crippen LogP contribution < -0.4 is 10.5 Å². The van der Waals surface area contributed by atoms with Crippen LogP contribution in [0, 0.1) is 22.7 Å². The molecule has 0 bridgehead atoms. The van der Waals surface area contributed by atoms with Crippen LogP contribution in [0.4, 0.5) is 5.69 Å². The molecule has 0 aliphatic heterocycles. The lowest BCUT2D eigenvalue weighted by Gasteiger charge is -2.17. The summed E-state index contributed by atoms with van der Waals surface area (Å²) in [6.07, 6.45) is 0. The molecule has 0 spiro atoms. The molecule has 0 radical (unpaired) electrons. The zero-order valence-corrected chi connectivity index (χ0v) is 9.68. The minimum Gasteiger partial charge on any atom is -0.496 e. The minimum absolute atomic E-state index is 0.209. The van der Waals surface area contributed by atoms with Gasteiger partial charge in [0.25, 0.3) is 0 Å². The molecule has 17 heavy (non-hydrogen) atoms. The smallest absolute Gasteiger partial charge is 0.125 e. The highest BCUT2D eigenvalue weighted by molar-refractivity contribution is 5.48. The van der Waals surface area contributed by atoms with Crippen molar-refractivity contribution in [2.45, 2.75) is 6.54 Å². The number of benzene rings is 1. The molecule has 1 rings (SSSR count). The fraction of sp³-hybridized carbons (Fsp3) is 0.333. The quantitative estimate of drug-likeness (QED) is 0.605. The third-order valence-corrected chi connectivity index (χ3v) is 2.29. The molecule has 0 heterocycles. The van der Waals surface area contributed by atoms with Crippen LogP contribution in [0.3, 0.4) is 0 Å². The predicted molar refractivity (Wildman–Crippen MR) is 63.9 cm³/mol. The zero-order chi connectivity index (χ0) is 12.7. The third-order valence-electron chi connectivity index (χ3n) is 2.29. The summed E-state index contributed by atoms with van der Waals surface area (Å²) in [5.41, 5.74) is 7.19. The van der Waals surface area contributed by atoms with Gasteiger partial charge in [-0.05, 0) is 6.07 Å². The van der Waals surface area contributed by atoms with Gasteiger partial charge in [-0.2, -0.15) is 10.5 Å². The van der Waals surface area contributed by atoms with Crippen LogP contribution in [0.1, 0.15) is 5.56 Å². The van der Waals surface area contributed by atoms with Gasteiger partial charge in [-0.1, -0.05) is 6.07 Å². The molecule has 0 aliphatic rings. The van der Waals surface area contributed by atoms with Crippen molar-refractivity contribution in [2.24, 2.45) is 0 Å². The van der Waals surface area contributed by atoms with Gasteiger partial charge < -0.3 is 10.5 Å². The first-order chi connectivity index (χ1) is 8.21. The molecule has 88 valence electrons. The Kier molecular flexibility index (Phi) is 4.80. The second-order valence-corrected chi connectivity index (χ2v) is 3.53. The fourth-order valence-corrected chi connectivity index (χ4v) is 1.50. The van der Waals surface area contributed by atoms with E-state index < -0.39 is 0 Å². The highest BCUT2D eigenvalue weighted by Crippen LogP contribution is 2.22. The Balaban J connectivity index is 2.86. The van der Waals surface area contributed by atoms with Gasteiger partial charge in [0.2, 0.25) is 0 Å². The molecular formula is C12H14N4O. The van der Waals surface area contributed by atoms with Crippen molar-refractivity contribution in [1.29, 1.82) is 10.5 Å². The highest BCUT2D eigenvalue weighted by Gasteiger charge is 2.09. The maximum absolute atomic E-state index is 8.66. The maximum atomic E-state index is 8.66. The van der Waals surface area contributed by atoms with E-state index in [4.69, 9.17) is 21.0 Å². The number of anilines is 1. The van der Waals surface area contributed by atoms with Gasteiger partial charge in [0.15, 0.2) is 0 Å². The third kappa shape index (κ3) is 3.67. The second-order valence-electron chi connectivity index (χ2n) is 3.53. The van der Waals surface area contributed by atoms with Gasteiger partial charge in [0, 0.05) is 23.9 Å². The molecule has 5 heteroatoms. The van der Waals surface area contributed by atoms with E-state index in [1.165, 1.54) is 0 Å². The normalized spacial score (nSPS) is 9.65. The van der Waals surface area contributed by atoms with Crippen LogP contribution in [0.25, 0.3) is 0 Å². The highest BCUT2D eigenvalue weighted by atomic mass is 16.5. The van der Waals surface area contributed by atoms with Crippen LogP contribution in [0.15, 0.2) is 18.2 Å². The number of hydrogen-bond acceptors (Lipinski definition) is 5. The van der Waals surface area contributed by atoms with E-state index >= 15 is 0 Å². The van der Waals surface area contributed by atoms with E-state index in [9.17, 15) is 0 Å². The largest absolute Gasteiger partial charge is 0.496 e. The summed E-state index contributed by atoms with van der Waals surface area (Å²) < 4.78 is 5.21. The van der Waals surface area contributed by atoms with E-state index in [1.807, 2.05) is 18.2 Å². The molecule has 0 aliphatic carbocycles. The monoisotopic (exact) mass is 230 g/mol. The van der Waals surface area contributed by atoms with E-state index in [-0.39, 0.29) is 13.1 Å². The molecule has 0 aromatic heterocycles. The molecule has 0 saturated heterocycles. The topological polar surface area (TPSA) is 86.1 Å². The van der Waals surface area contributed by atoms with Crippen molar-refractivity contribution in [3.63, 3.8) is 0 Å². The van der Waals surface area contributed by atoms with Crippen LogP contribution in [0.2, 0.25) is 0 Å². The van der Waals surface area contributed by atoms with Crippen LogP contribution in [-0.2, 0) is 6.54 Å². The molecule has 0 fully saturated rings. The SMILES string of the molecule is COc1cc(N)ccc1CN(CC#N)CC#N. The van der Waals surface area contributed by atoms with Crippen LogP contribution in [-0.4, -0.2) is 25.1 Å². The number of nitrogens with two attached hydrogens (primary N) is 1. The standard InChI is InChI=1S/C12H14N4O/c1-17-12-8-11(15)3-2-10(12)9-16(6-4-13)7-5-14/h2-3,8H,6-7,9,15H2,1H3. The summed E-state index contributed by atoms with van der Waals surface area (Å²) in [7, 11) is 1.57. The van der Waals surface area contributed by atoms with Crippen molar-refractivity contribution < 1.29 is 4.74 Å². The van der Waals surface area contributed by atoms with E-state index in [2.05, 4.69) is 0 Å². The Morgan fingerprint density at radius 2 is 1.94 bits per heavy atom. The summed E-state index contributed by atoms with van der Waals surface area (Å²) in [5.74, 6) is 0.672. The van der Waals surface area contributed by atoms with E-state index in [1.54, 1.807) is 24.1 Å². The Morgan fingerprint density at radius 3 is 2.47 bits per heavy atom. The van der Waals surface area contributed by atoms with Gasteiger partial charge in [0.05, 0.1) is 32.3 Å². The van der Waals surface area contributed by atoms with Gasteiger partial charge >= 0.3 is 0 Å². The Morgan fingerprint density at radius 1 is 1.29 bits per heavy atom. The lowest BCUT2D eigenvalue weighted by molar-refractivity contribution is 0.324. The lowest BCUT2D eigenvalue weighted by atomic mass is 10.1. The molecular weight excluding hydrogens is 216 g/mol. The van der Waals surface area contributed by atoms with Crippen LogP contribution in [0.5, 0.6) is 5.75 Å². The number of nitrogen functional groups attached to an aromatic ring is 1. The first-order valence-corrected chi connectivity index (χ1v) is 5.10. The Hall–Kier alpha value is -2.24. The number of ether oxygens (including phenoxy) is 1. The van der Waals surface area contributed by atoms with Crippen molar-refractivity contribution in [3.8, 4) is 17.9 Å². The minimum atomic E-state index is 0.209. The van der Waals surface area contributed by atoms with Gasteiger partial charge in [-0.3, -0.25) is 4.90 Å². The molecule has 1 aromatic carbocycles. The van der Waals surface area contributed by atoms with E-state index in [0.29, 0.717) is 18.0 Å². The fourth-order valence-electron chi connectivity index (χ4n) is 1.50. The van der Waals surface area contributed by atoms with Crippen molar-refractivity contribution in [2.75, 3.05) is 25.9 Å². The lowest BCUT2D eigenvalue weighted by Crippen LogP contribution is -2.24. The molecule has 5 nitrogen and oxygen atoms in total. The summed E-state index contributed by atoms with van der Waals surface area (Å²) in [6, 6.07) is 9.41. The molecule has 2 N–H and O–H groups in total. The predicted octanol–water partition coefficient (Wildman–Crippen LogP) is 1.13. The number of nitriles is 2. The number of rotatable bonds is 5. The van der Waals surface area contributed by atoms with Gasteiger partial charge in [0.1, 0.15) is 5.75 Å². The summed E-state index contributed by atoms with van der Waals surface area (Å²) in [6.45, 7) is 0.909. The molecule has 0 atom stereocenters. The zero-order valence-electron chi connectivity index (χ0n) is 9.68. The van der Waals surface area contributed by atoms with Crippen molar-refractivity contribution in [3.05, 3.63) is 23.8 Å². The Bertz CT molecular complexity index is 443. The van der Waals surface area contributed by atoms with Crippen molar-refractivity contribution >= 4 is 5.69 Å². The summed E-state index contributed by atoms with van der Waals surface area (Å²) in [4.78, 5) is 1.73. The maximum Gasteiger partial charge on any atom is 0.125 e. The van der Waals surface area contributed by atoms with Crippen molar-refractivity contribution in [1.82, 2.24) is 4.90 Å². The molecule has 0 amide bonds. The first kappa shape index (κ1) is 12.8. The number of nitrogens with zero attached hydrogens (tertiary/aromatic N) is 3. The van der Waals surface area contributed by atoms with E-state index in [0.717, 1.165) is 5.56 Å².